The van der Waals surface area contributed by atoms with Gasteiger partial charge >= 0.3 is 0 Å². The van der Waals surface area contributed by atoms with Crippen LogP contribution < -0.4 is 10.6 Å². The third-order valence-electron chi connectivity index (χ3n) is 4.31. The number of nitrogens with zero attached hydrogens (tertiary/aromatic N) is 3. The van der Waals surface area contributed by atoms with Gasteiger partial charge in [-0.2, -0.15) is 0 Å². The zero-order chi connectivity index (χ0) is 19.1. The second-order valence-electron chi connectivity index (χ2n) is 6.30. The number of carbonyl (C=O) groups is 3. The van der Waals surface area contributed by atoms with Crippen LogP contribution in [-0.4, -0.2) is 52.2 Å². The van der Waals surface area contributed by atoms with Gasteiger partial charge < -0.3 is 15.5 Å². The van der Waals surface area contributed by atoms with Gasteiger partial charge in [0.05, 0.1) is 12.1 Å². The van der Waals surface area contributed by atoms with Gasteiger partial charge in [0.2, 0.25) is 11.8 Å². The highest BCUT2D eigenvalue weighted by Gasteiger charge is 2.33. The summed E-state index contributed by atoms with van der Waals surface area (Å²) in [6.45, 7) is 1.48. The molecule has 1 aliphatic heterocycles. The largest absolute Gasteiger partial charge is 0.354 e. The zero-order valence-corrected chi connectivity index (χ0v) is 14.8. The minimum Gasteiger partial charge on any atom is -0.354 e. The number of hydrogen-bond acceptors (Lipinski definition) is 5. The maximum absolute atomic E-state index is 12.3. The van der Waals surface area contributed by atoms with Crippen molar-refractivity contribution in [2.24, 2.45) is 5.92 Å². The normalized spacial score (nSPS) is 16.2. The molecule has 0 saturated carbocycles. The summed E-state index contributed by atoms with van der Waals surface area (Å²) in [4.78, 5) is 45.7. The fraction of sp³-hybridized carbons (Fsp3) is 0.316. The lowest BCUT2D eigenvalue weighted by molar-refractivity contribution is -0.129. The highest BCUT2D eigenvalue weighted by molar-refractivity contribution is 5.92. The first-order valence-electron chi connectivity index (χ1n) is 8.77. The number of hydrogen-bond donors (Lipinski definition) is 2. The number of aromatic nitrogens is 2. The predicted octanol–water partition coefficient (Wildman–Crippen LogP) is 0.371. The van der Waals surface area contributed by atoms with Gasteiger partial charge in [0.15, 0.2) is 0 Å². The first kappa shape index (κ1) is 18.5. The standard InChI is InChI=1S/C19H21N5O3/c25-17-10-15(13-24(17)12-14-4-2-1-3-5-14)18(26)22-8-9-23-19(27)16-11-20-6-7-21-16/h1-7,11,15H,8-10,12-13H2,(H,22,26)(H,23,27). The van der Waals surface area contributed by atoms with E-state index in [1.807, 2.05) is 30.3 Å². The van der Waals surface area contributed by atoms with Crippen LogP contribution in [0.2, 0.25) is 0 Å². The number of likely N-dealkylation sites (tertiary alicyclic amines) is 1. The Labute approximate surface area is 157 Å². The lowest BCUT2D eigenvalue weighted by Gasteiger charge is -2.16. The van der Waals surface area contributed by atoms with Crippen molar-refractivity contribution in [2.45, 2.75) is 13.0 Å². The fourth-order valence-corrected chi connectivity index (χ4v) is 2.92. The van der Waals surface area contributed by atoms with Crippen LogP contribution in [-0.2, 0) is 16.1 Å². The molecule has 1 unspecified atom stereocenters. The zero-order valence-electron chi connectivity index (χ0n) is 14.8. The van der Waals surface area contributed by atoms with Crippen LogP contribution in [0.15, 0.2) is 48.9 Å². The SMILES string of the molecule is O=C(NCCNC(=O)C1CC(=O)N(Cc2ccccc2)C1)c1cnccn1. The second-order valence-corrected chi connectivity index (χ2v) is 6.30. The molecule has 0 bridgehead atoms. The van der Waals surface area contributed by atoms with Gasteiger partial charge in [0.1, 0.15) is 5.69 Å². The monoisotopic (exact) mass is 367 g/mol. The highest BCUT2D eigenvalue weighted by atomic mass is 16.2. The van der Waals surface area contributed by atoms with Crippen molar-refractivity contribution in [3.63, 3.8) is 0 Å². The van der Waals surface area contributed by atoms with Gasteiger partial charge in [0, 0.05) is 45.0 Å². The minimum atomic E-state index is -0.364. The van der Waals surface area contributed by atoms with E-state index in [2.05, 4.69) is 20.6 Å². The average Bonchev–Trinajstić information content (AvgIpc) is 3.07. The summed E-state index contributed by atoms with van der Waals surface area (Å²) < 4.78 is 0. The molecule has 1 aliphatic rings. The van der Waals surface area contributed by atoms with E-state index >= 15 is 0 Å². The van der Waals surface area contributed by atoms with Crippen molar-refractivity contribution in [1.82, 2.24) is 25.5 Å². The van der Waals surface area contributed by atoms with Gasteiger partial charge in [-0.15, -0.1) is 0 Å². The van der Waals surface area contributed by atoms with E-state index in [0.717, 1.165) is 5.56 Å². The van der Waals surface area contributed by atoms with Crippen LogP contribution in [0.25, 0.3) is 0 Å². The van der Waals surface area contributed by atoms with Crippen molar-refractivity contribution < 1.29 is 14.4 Å². The number of amides is 3. The van der Waals surface area contributed by atoms with Crippen LogP contribution in [0, 0.1) is 5.92 Å². The smallest absolute Gasteiger partial charge is 0.271 e. The Morgan fingerprint density at radius 2 is 1.89 bits per heavy atom. The average molecular weight is 367 g/mol. The molecule has 8 nitrogen and oxygen atoms in total. The third-order valence-corrected chi connectivity index (χ3v) is 4.31. The summed E-state index contributed by atoms with van der Waals surface area (Å²) in [5, 5.41) is 5.43. The molecule has 1 fully saturated rings. The van der Waals surface area contributed by atoms with Crippen LogP contribution in [0.1, 0.15) is 22.5 Å². The molecule has 3 amide bonds. The van der Waals surface area contributed by atoms with E-state index < -0.39 is 0 Å². The molecule has 2 heterocycles. The highest BCUT2D eigenvalue weighted by Crippen LogP contribution is 2.20. The van der Waals surface area contributed by atoms with E-state index in [4.69, 9.17) is 0 Å². The molecular formula is C19H21N5O3. The van der Waals surface area contributed by atoms with Gasteiger partial charge in [-0.25, -0.2) is 4.98 Å². The summed E-state index contributed by atoms with van der Waals surface area (Å²) in [6.07, 6.45) is 4.51. The molecule has 3 rings (SSSR count). The van der Waals surface area contributed by atoms with E-state index in [1.54, 1.807) is 4.90 Å². The number of benzene rings is 1. The first-order chi connectivity index (χ1) is 13.1. The Morgan fingerprint density at radius 3 is 2.63 bits per heavy atom. The van der Waals surface area contributed by atoms with Crippen molar-refractivity contribution in [3.8, 4) is 0 Å². The molecule has 8 heteroatoms. The quantitative estimate of drug-likeness (QED) is 0.688. The van der Waals surface area contributed by atoms with Gasteiger partial charge in [0.25, 0.3) is 5.91 Å². The number of carbonyl (C=O) groups excluding carboxylic acids is 3. The minimum absolute atomic E-state index is 0.0186. The van der Waals surface area contributed by atoms with Crippen LogP contribution in [0.3, 0.4) is 0 Å². The van der Waals surface area contributed by atoms with Crippen LogP contribution in [0.4, 0.5) is 0 Å². The predicted molar refractivity (Wildman–Crippen MR) is 97.3 cm³/mol. The topological polar surface area (TPSA) is 104 Å². The van der Waals surface area contributed by atoms with E-state index in [-0.39, 0.29) is 48.8 Å². The van der Waals surface area contributed by atoms with Crippen molar-refractivity contribution in [3.05, 3.63) is 60.2 Å². The summed E-state index contributed by atoms with van der Waals surface area (Å²) in [5.74, 6) is -0.901. The molecule has 2 N–H and O–H groups in total. The second kappa shape index (κ2) is 8.88. The summed E-state index contributed by atoms with van der Waals surface area (Å²) in [5.41, 5.74) is 1.26. The van der Waals surface area contributed by atoms with Crippen molar-refractivity contribution >= 4 is 17.7 Å². The molecule has 0 spiro atoms. The van der Waals surface area contributed by atoms with Crippen molar-refractivity contribution in [2.75, 3.05) is 19.6 Å². The molecule has 2 aromatic rings. The van der Waals surface area contributed by atoms with Crippen molar-refractivity contribution in [1.29, 1.82) is 0 Å². The molecule has 27 heavy (non-hydrogen) atoms. The molecule has 140 valence electrons. The molecule has 0 radical (unpaired) electrons. The van der Waals surface area contributed by atoms with Gasteiger partial charge in [-0.05, 0) is 5.56 Å². The summed E-state index contributed by atoms with van der Waals surface area (Å²) in [7, 11) is 0. The number of rotatable bonds is 7. The molecule has 1 aromatic carbocycles. The molecule has 1 aromatic heterocycles. The molecule has 0 aliphatic carbocycles. The maximum Gasteiger partial charge on any atom is 0.271 e. The Morgan fingerprint density at radius 1 is 1.11 bits per heavy atom. The van der Waals surface area contributed by atoms with Gasteiger partial charge in [-0.3, -0.25) is 19.4 Å². The van der Waals surface area contributed by atoms with Crippen LogP contribution in [0.5, 0.6) is 0 Å². The summed E-state index contributed by atoms with van der Waals surface area (Å²) in [6, 6.07) is 9.69. The maximum atomic E-state index is 12.3. The van der Waals surface area contributed by atoms with E-state index in [0.29, 0.717) is 13.1 Å². The molecule has 1 saturated heterocycles. The van der Waals surface area contributed by atoms with Gasteiger partial charge in [-0.1, -0.05) is 30.3 Å². The first-order valence-corrected chi connectivity index (χ1v) is 8.77. The fourth-order valence-electron chi connectivity index (χ4n) is 2.92. The Kier molecular flexibility index (Phi) is 6.09. The number of nitrogens with one attached hydrogen (secondary N) is 2. The lowest BCUT2D eigenvalue weighted by atomic mass is 10.1. The Hall–Kier alpha value is -3.29. The third kappa shape index (κ3) is 5.10. The molecular weight excluding hydrogens is 346 g/mol. The summed E-state index contributed by atoms with van der Waals surface area (Å²) >= 11 is 0. The van der Waals surface area contributed by atoms with E-state index in [9.17, 15) is 14.4 Å². The Balaban J connectivity index is 1.40. The Bertz CT molecular complexity index is 798. The lowest BCUT2D eigenvalue weighted by Crippen LogP contribution is -2.38. The van der Waals surface area contributed by atoms with E-state index in [1.165, 1.54) is 18.6 Å². The van der Waals surface area contributed by atoms with Crippen LogP contribution >= 0.6 is 0 Å². The molecule has 1 atom stereocenters.